The summed E-state index contributed by atoms with van der Waals surface area (Å²) in [6.07, 6.45) is 2.82. The highest BCUT2D eigenvalue weighted by Crippen LogP contribution is 2.26. The van der Waals surface area contributed by atoms with E-state index < -0.39 is 0 Å². The Morgan fingerprint density at radius 3 is 2.56 bits per heavy atom. The van der Waals surface area contributed by atoms with E-state index in [2.05, 4.69) is 44.9 Å². The molecule has 0 amide bonds. The highest BCUT2D eigenvalue weighted by atomic mass is 32.1. The van der Waals surface area contributed by atoms with Gasteiger partial charge in [-0.05, 0) is 41.8 Å². The van der Waals surface area contributed by atoms with Gasteiger partial charge in [-0.25, -0.2) is 4.98 Å². The van der Waals surface area contributed by atoms with E-state index in [1.165, 1.54) is 5.56 Å². The summed E-state index contributed by atoms with van der Waals surface area (Å²) in [5.74, 6) is 0.855. The van der Waals surface area contributed by atoms with Crippen LogP contribution < -0.4 is 10.1 Å². The van der Waals surface area contributed by atoms with Crippen LogP contribution in [0.5, 0.6) is 5.75 Å². The molecular weight excluding hydrogens is 330 g/mol. The van der Waals surface area contributed by atoms with Gasteiger partial charge >= 0.3 is 0 Å². The molecule has 4 nitrogen and oxygen atoms in total. The first kappa shape index (κ1) is 17.2. The summed E-state index contributed by atoms with van der Waals surface area (Å²) >= 11 is 1.63. The van der Waals surface area contributed by atoms with E-state index in [9.17, 15) is 0 Å². The molecule has 0 saturated heterocycles. The fraction of sp³-hybridized carbons (Fsp3) is 0.200. The second kappa shape index (κ2) is 8.44. The van der Waals surface area contributed by atoms with Crippen molar-refractivity contribution in [3.8, 4) is 17.0 Å². The monoisotopic (exact) mass is 351 g/mol. The van der Waals surface area contributed by atoms with Crippen molar-refractivity contribution in [2.75, 3.05) is 26.0 Å². The first-order chi connectivity index (χ1) is 12.3. The highest BCUT2D eigenvalue weighted by molar-refractivity contribution is 7.14. The highest BCUT2D eigenvalue weighted by Gasteiger charge is 2.04. The lowest BCUT2D eigenvalue weighted by molar-refractivity contribution is 0.415. The molecule has 0 saturated carbocycles. The minimum atomic E-state index is 0.855. The van der Waals surface area contributed by atoms with E-state index in [0.29, 0.717) is 0 Å². The van der Waals surface area contributed by atoms with Crippen LogP contribution in [0.25, 0.3) is 11.3 Å². The predicted molar refractivity (Wildman–Crippen MR) is 106 cm³/mol. The molecule has 25 heavy (non-hydrogen) atoms. The second-order valence-electron chi connectivity index (χ2n) is 5.57. The number of hydrogen-bond acceptors (Lipinski definition) is 5. The number of ether oxygens (including phenoxy) is 1. The molecule has 1 N–H and O–H groups in total. The van der Waals surface area contributed by atoms with Crippen LogP contribution in [-0.4, -0.2) is 31.9 Å². The number of benzene rings is 2. The zero-order chi connectivity index (χ0) is 17.5. The van der Waals surface area contributed by atoms with Gasteiger partial charge in [0.05, 0.1) is 12.8 Å². The van der Waals surface area contributed by atoms with Crippen LogP contribution in [0.4, 0.5) is 5.13 Å². The van der Waals surface area contributed by atoms with Gasteiger partial charge in [0.1, 0.15) is 5.75 Å². The third kappa shape index (κ3) is 4.67. The second-order valence-corrected chi connectivity index (χ2v) is 6.43. The van der Waals surface area contributed by atoms with Gasteiger partial charge in [0.25, 0.3) is 0 Å². The lowest BCUT2D eigenvalue weighted by Gasteiger charge is -2.04. The molecule has 1 aromatic heterocycles. The fourth-order valence-electron chi connectivity index (χ4n) is 2.48. The summed E-state index contributed by atoms with van der Waals surface area (Å²) in [6.45, 7) is 0.858. The molecular formula is C20H21N3OS. The number of aromatic nitrogens is 1. The third-order valence-corrected chi connectivity index (χ3v) is 4.64. The molecule has 3 rings (SSSR count). The van der Waals surface area contributed by atoms with Gasteiger partial charge in [-0.2, -0.15) is 0 Å². The van der Waals surface area contributed by atoms with Crippen molar-refractivity contribution in [2.24, 2.45) is 4.99 Å². The summed E-state index contributed by atoms with van der Waals surface area (Å²) in [5.41, 5.74) is 4.51. The molecule has 0 bridgehead atoms. The summed E-state index contributed by atoms with van der Waals surface area (Å²) in [5, 5.41) is 6.42. The predicted octanol–water partition coefficient (Wildman–Crippen LogP) is 4.52. The molecule has 0 aliphatic carbocycles. The van der Waals surface area contributed by atoms with Gasteiger partial charge < -0.3 is 10.1 Å². The lowest BCUT2D eigenvalue weighted by Crippen LogP contribution is -2.04. The Bertz CT molecular complexity index is 823. The largest absolute Gasteiger partial charge is 0.497 e. The van der Waals surface area contributed by atoms with Crippen molar-refractivity contribution in [3.05, 3.63) is 65.0 Å². The zero-order valence-corrected chi connectivity index (χ0v) is 15.2. The Kier molecular flexibility index (Phi) is 5.80. The van der Waals surface area contributed by atoms with Crippen LogP contribution >= 0.6 is 11.3 Å². The molecule has 1 heterocycles. The zero-order valence-electron chi connectivity index (χ0n) is 14.4. The Hall–Kier alpha value is -2.66. The Morgan fingerprint density at radius 1 is 1.12 bits per heavy atom. The number of anilines is 1. The van der Waals surface area contributed by atoms with Crippen molar-refractivity contribution in [3.63, 3.8) is 0 Å². The van der Waals surface area contributed by atoms with Crippen LogP contribution in [0.1, 0.15) is 11.1 Å². The SMILES string of the molecule is CN=Cc1ccc(CCNc2nc(-c3ccc(OC)cc3)cs2)cc1. The summed E-state index contributed by atoms with van der Waals surface area (Å²) in [7, 11) is 3.46. The normalized spacial score (nSPS) is 11.0. The first-order valence-corrected chi connectivity index (χ1v) is 9.01. The molecule has 0 aliphatic rings. The quantitative estimate of drug-likeness (QED) is 0.637. The molecule has 0 unspecified atom stereocenters. The Balaban J connectivity index is 1.54. The van der Waals surface area contributed by atoms with E-state index in [4.69, 9.17) is 4.74 Å². The van der Waals surface area contributed by atoms with E-state index in [0.717, 1.165) is 40.7 Å². The fourth-order valence-corrected chi connectivity index (χ4v) is 3.23. The molecule has 128 valence electrons. The molecule has 0 fully saturated rings. The molecule has 0 aliphatic heterocycles. The van der Waals surface area contributed by atoms with Gasteiger partial charge in [-0.3, -0.25) is 4.99 Å². The number of nitrogens with one attached hydrogen (secondary N) is 1. The van der Waals surface area contributed by atoms with Crippen LogP contribution in [0.2, 0.25) is 0 Å². The van der Waals surface area contributed by atoms with E-state index in [1.54, 1.807) is 25.5 Å². The average molecular weight is 351 g/mol. The average Bonchev–Trinajstić information content (AvgIpc) is 3.12. The standard InChI is InChI=1S/C20H21N3OS/c1-21-13-16-5-3-15(4-6-16)11-12-22-20-23-19(14-25-20)17-7-9-18(24-2)10-8-17/h3-10,13-14H,11-12H2,1-2H3,(H,22,23). The number of hydrogen-bond donors (Lipinski definition) is 1. The number of rotatable bonds is 7. The maximum Gasteiger partial charge on any atom is 0.183 e. The van der Waals surface area contributed by atoms with Gasteiger partial charge in [0.15, 0.2) is 5.13 Å². The van der Waals surface area contributed by atoms with E-state index in [1.807, 2.05) is 30.5 Å². The Labute approximate surface area is 152 Å². The Morgan fingerprint density at radius 2 is 1.88 bits per heavy atom. The van der Waals surface area contributed by atoms with Crippen LogP contribution in [-0.2, 0) is 6.42 Å². The molecule has 2 aromatic carbocycles. The number of nitrogens with zero attached hydrogens (tertiary/aromatic N) is 2. The van der Waals surface area contributed by atoms with Crippen LogP contribution in [0.3, 0.4) is 0 Å². The third-order valence-electron chi connectivity index (χ3n) is 3.84. The van der Waals surface area contributed by atoms with Crippen molar-refractivity contribution >= 4 is 22.7 Å². The van der Waals surface area contributed by atoms with Gasteiger partial charge in [0.2, 0.25) is 0 Å². The topological polar surface area (TPSA) is 46.5 Å². The minimum absolute atomic E-state index is 0.855. The van der Waals surface area contributed by atoms with Crippen molar-refractivity contribution in [1.82, 2.24) is 4.98 Å². The maximum absolute atomic E-state index is 5.19. The van der Waals surface area contributed by atoms with Gasteiger partial charge in [0, 0.05) is 30.8 Å². The molecule has 0 spiro atoms. The van der Waals surface area contributed by atoms with Gasteiger partial charge in [-0.15, -0.1) is 11.3 Å². The van der Waals surface area contributed by atoms with Crippen molar-refractivity contribution in [2.45, 2.75) is 6.42 Å². The lowest BCUT2D eigenvalue weighted by atomic mass is 10.1. The van der Waals surface area contributed by atoms with Gasteiger partial charge in [-0.1, -0.05) is 24.3 Å². The van der Waals surface area contributed by atoms with E-state index >= 15 is 0 Å². The molecule has 0 radical (unpaired) electrons. The maximum atomic E-state index is 5.19. The smallest absolute Gasteiger partial charge is 0.183 e. The van der Waals surface area contributed by atoms with E-state index in [-0.39, 0.29) is 0 Å². The first-order valence-electron chi connectivity index (χ1n) is 8.13. The summed E-state index contributed by atoms with van der Waals surface area (Å²) in [4.78, 5) is 8.68. The molecule has 5 heteroatoms. The van der Waals surface area contributed by atoms with Crippen molar-refractivity contribution in [1.29, 1.82) is 0 Å². The summed E-state index contributed by atoms with van der Waals surface area (Å²) in [6, 6.07) is 16.4. The number of aliphatic imine (C=N–C) groups is 1. The molecule has 0 atom stereocenters. The summed E-state index contributed by atoms with van der Waals surface area (Å²) < 4.78 is 5.19. The van der Waals surface area contributed by atoms with Crippen LogP contribution in [0.15, 0.2) is 58.9 Å². The number of thiazole rings is 1. The number of methoxy groups -OCH3 is 1. The minimum Gasteiger partial charge on any atom is -0.497 e. The van der Waals surface area contributed by atoms with Crippen molar-refractivity contribution < 1.29 is 4.74 Å². The van der Waals surface area contributed by atoms with Crippen LogP contribution in [0, 0.1) is 0 Å². The molecule has 3 aromatic rings.